The Morgan fingerprint density at radius 2 is 1.88 bits per heavy atom. The molecule has 0 unspecified atom stereocenters. The largest absolute Gasteiger partial charge is 0.463 e. The summed E-state index contributed by atoms with van der Waals surface area (Å²) in [7, 11) is 0. The smallest absolute Gasteiger partial charge is 0.335 e. The Labute approximate surface area is 157 Å². The van der Waals surface area contributed by atoms with Gasteiger partial charge in [0.2, 0.25) is 0 Å². The fourth-order valence-corrected chi connectivity index (χ4v) is 3.82. The lowest BCUT2D eigenvalue weighted by molar-refractivity contribution is -0.138. The number of benzene rings is 2. The average Bonchev–Trinajstić information content (AvgIpc) is 3.26. The SMILES string of the molecule is CCOC(=O)C1=C(n2c(-c3ccc(Cl)cc3)cc3ccccc32)CCC1. The highest BCUT2D eigenvalue weighted by atomic mass is 35.5. The van der Waals surface area contributed by atoms with Crippen LogP contribution in [0.15, 0.2) is 60.2 Å². The van der Waals surface area contributed by atoms with Crippen molar-refractivity contribution in [1.82, 2.24) is 4.57 Å². The third-order valence-electron chi connectivity index (χ3n) is 4.83. The summed E-state index contributed by atoms with van der Waals surface area (Å²) in [5, 5.41) is 1.86. The van der Waals surface area contributed by atoms with Crippen molar-refractivity contribution in [2.45, 2.75) is 26.2 Å². The number of ether oxygens (including phenoxy) is 1. The maximum absolute atomic E-state index is 12.5. The Kier molecular flexibility index (Phi) is 4.56. The molecule has 0 radical (unpaired) electrons. The molecule has 4 rings (SSSR count). The van der Waals surface area contributed by atoms with Crippen molar-refractivity contribution in [1.29, 1.82) is 0 Å². The fourth-order valence-electron chi connectivity index (χ4n) is 3.69. The van der Waals surface area contributed by atoms with E-state index < -0.39 is 0 Å². The van der Waals surface area contributed by atoms with Gasteiger partial charge in [0.15, 0.2) is 0 Å². The summed E-state index contributed by atoms with van der Waals surface area (Å²) < 4.78 is 7.52. The number of rotatable bonds is 4. The minimum atomic E-state index is -0.195. The molecule has 0 amide bonds. The second kappa shape index (κ2) is 7.00. The van der Waals surface area contributed by atoms with Crippen LogP contribution < -0.4 is 0 Å². The molecule has 26 heavy (non-hydrogen) atoms. The van der Waals surface area contributed by atoms with E-state index in [0.717, 1.165) is 52.7 Å². The van der Waals surface area contributed by atoms with Crippen molar-refractivity contribution in [2.75, 3.05) is 6.61 Å². The number of fused-ring (bicyclic) bond motifs is 1. The Morgan fingerprint density at radius 1 is 1.12 bits per heavy atom. The van der Waals surface area contributed by atoms with Crippen LogP contribution in [-0.4, -0.2) is 17.1 Å². The minimum absolute atomic E-state index is 0.195. The van der Waals surface area contributed by atoms with Gasteiger partial charge in [0.05, 0.1) is 23.4 Å². The van der Waals surface area contributed by atoms with Crippen molar-refractivity contribution in [3.63, 3.8) is 0 Å². The second-order valence-electron chi connectivity index (χ2n) is 6.43. The third-order valence-corrected chi connectivity index (χ3v) is 5.08. The topological polar surface area (TPSA) is 31.2 Å². The van der Waals surface area contributed by atoms with Gasteiger partial charge in [-0.2, -0.15) is 0 Å². The van der Waals surface area contributed by atoms with Gasteiger partial charge in [-0.15, -0.1) is 0 Å². The van der Waals surface area contributed by atoms with Gasteiger partial charge in [-0.3, -0.25) is 0 Å². The molecule has 0 spiro atoms. The van der Waals surface area contributed by atoms with Crippen molar-refractivity contribution in [3.05, 3.63) is 65.2 Å². The first-order valence-corrected chi connectivity index (χ1v) is 9.32. The molecule has 0 N–H and O–H groups in total. The first-order chi connectivity index (χ1) is 12.7. The molecule has 0 saturated carbocycles. The normalized spacial score (nSPS) is 14.2. The second-order valence-corrected chi connectivity index (χ2v) is 6.87. The van der Waals surface area contributed by atoms with E-state index in [9.17, 15) is 4.79 Å². The zero-order chi connectivity index (χ0) is 18.1. The highest BCUT2D eigenvalue weighted by Gasteiger charge is 2.26. The number of nitrogens with zero attached hydrogens (tertiary/aromatic N) is 1. The molecule has 3 aromatic rings. The molecule has 1 heterocycles. The van der Waals surface area contributed by atoms with Gasteiger partial charge in [0.25, 0.3) is 0 Å². The van der Waals surface area contributed by atoms with Crippen LogP contribution in [0, 0.1) is 0 Å². The number of halogens is 1. The molecule has 0 saturated heterocycles. The summed E-state index contributed by atoms with van der Waals surface area (Å²) in [6.45, 7) is 2.24. The Balaban J connectivity index is 1.96. The summed E-state index contributed by atoms with van der Waals surface area (Å²) in [5.41, 5.74) is 5.10. The molecule has 0 aliphatic heterocycles. The van der Waals surface area contributed by atoms with Gasteiger partial charge < -0.3 is 9.30 Å². The van der Waals surface area contributed by atoms with E-state index in [0.29, 0.717) is 11.6 Å². The van der Waals surface area contributed by atoms with Crippen LogP contribution in [0.3, 0.4) is 0 Å². The molecule has 1 aliphatic carbocycles. The predicted molar refractivity (Wildman–Crippen MR) is 106 cm³/mol. The molecule has 0 atom stereocenters. The molecule has 4 heteroatoms. The molecule has 132 valence electrons. The van der Waals surface area contributed by atoms with Gasteiger partial charge in [-0.1, -0.05) is 41.9 Å². The number of para-hydroxylation sites is 1. The van der Waals surface area contributed by atoms with Crippen LogP contribution in [0.25, 0.3) is 27.9 Å². The Morgan fingerprint density at radius 3 is 2.65 bits per heavy atom. The van der Waals surface area contributed by atoms with Gasteiger partial charge in [0, 0.05) is 16.1 Å². The maximum atomic E-state index is 12.5. The first-order valence-electron chi connectivity index (χ1n) is 8.95. The van der Waals surface area contributed by atoms with E-state index in [1.165, 1.54) is 0 Å². The summed E-state index contributed by atoms with van der Waals surface area (Å²) in [6.07, 6.45) is 2.60. The predicted octanol–water partition coefficient (Wildman–Crippen LogP) is 5.92. The van der Waals surface area contributed by atoms with Crippen molar-refractivity contribution < 1.29 is 9.53 Å². The molecule has 1 aliphatic rings. The summed E-state index contributed by atoms with van der Waals surface area (Å²) in [6, 6.07) is 18.3. The zero-order valence-corrected chi connectivity index (χ0v) is 15.4. The lowest BCUT2D eigenvalue weighted by atomic mass is 10.1. The third kappa shape index (κ3) is 2.93. The van der Waals surface area contributed by atoms with Crippen LogP contribution >= 0.6 is 11.6 Å². The zero-order valence-electron chi connectivity index (χ0n) is 14.7. The number of hydrogen-bond acceptors (Lipinski definition) is 2. The van der Waals surface area contributed by atoms with Crippen LogP contribution in [-0.2, 0) is 9.53 Å². The van der Waals surface area contributed by atoms with E-state index in [1.807, 2.05) is 43.3 Å². The number of carbonyl (C=O) groups excluding carboxylic acids is 1. The molecule has 1 aromatic heterocycles. The van der Waals surface area contributed by atoms with Gasteiger partial charge in [-0.25, -0.2) is 4.79 Å². The number of carbonyl (C=O) groups is 1. The number of aromatic nitrogens is 1. The van der Waals surface area contributed by atoms with Crippen molar-refractivity contribution >= 4 is 34.2 Å². The molecular formula is C22H20ClNO2. The van der Waals surface area contributed by atoms with E-state index in [1.54, 1.807) is 0 Å². The summed E-state index contributed by atoms with van der Waals surface area (Å²) >= 11 is 6.07. The van der Waals surface area contributed by atoms with Gasteiger partial charge in [0.1, 0.15) is 0 Å². The number of esters is 1. The summed E-state index contributed by atoms with van der Waals surface area (Å²) in [5.74, 6) is -0.195. The fraction of sp³-hybridized carbons (Fsp3) is 0.227. The Hall–Kier alpha value is -2.52. The lowest BCUT2D eigenvalue weighted by Gasteiger charge is -2.14. The van der Waals surface area contributed by atoms with Crippen molar-refractivity contribution in [3.8, 4) is 11.3 Å². The molecule has 2 aromatic carbocycles. The average molecular weight is 366 g/mol. The minimum Gasteiger partial charge on any atom is -0.463 e. The number of allylic oxidation sites excluding steroid dienone is 1. The van der Waals surface area contributed by atoms with Gasteiger partial charge >= 0.3 is 5.97 Å². The highest BCUT2D eigenvalue weighted by Crippen LogP contribution is 2.38. The lowest BCUT2D eigenvalue weighted by Crippen LogP contribution is -2.10. The monoisotopic (exact) mass is 365 g/mol. The van der Waals surface area contributed by atoms with E-state index in [4.69, 9.17) is 16.3 Å². The van der Waals surface area contributed by atoms with E-state index >= 15 is 0 Å². The van der Waals surface area contributed by atoms with Gasteiger partial charge in [-0.05, 0) is 56.0 Å². The Bertz CT molecular complexity index is 999. The van der Waals surface area contributed by atoms with Crippen LogP contribution in [0.4, 0.5) is 0 Å². The molecular weight excluding hydrogens is 346 g/mol. The molecule has 0 bridgehead atoms. The quantitative estimate of drug-likeness (QED) is 0.537. The van der Waals surface area contributed by atoms with Crippen LogP contribution in [0.1, 0.15) is 26.2 Å². The number of hydrogen-bond donors (Lipinski definition) is 0. The van der Waals surface area contributed by atoms with Crippen molar-refractivity contribution in [2.24, 2.45) is 0 Å². The molecule has 3 nitrogen and oxygen atoms in total. The summed E-state index contributed by atoms with van der Waals surface area (Å²) in [4.78, 5) is 12.5. The van der Waals surface area contributed by atoms with Crippen LogP contribution in [0.2, 0.25) is 5.02 Å². The maximum Gasteiger partial charge on any atom is 0.335 e. The first kappa shape index (κ1) is 16.9. The standard InChI is InChI=1S/C22H20ClNO2/c1-2-26-22(25)18-7-5-9-20(18)24-19-8-4-3-6-16(19)14-21(24)15-10-12-17(23)13-11-15/h3-4,6,8,10-14H,2,5,7,9H2,1H3. The highest BCUT2D eigenvalue weighted by molar-refractivity contribution is 6.30. The van der Waals surface area contributed by atoms with Crippen LogP contribution in [0.5, 0.6) is 0 Å². The van der Waals surface area contributed by atoms with E-state index in [-0.39, 0.29) is 5.97 Å². The van der Waals surface area contributed by atoms with E-state index in [2.05, 4.69) is 22.8 Å². The molecule has 0 fully saturated rings.